The summed E-state index contributed by atoms with van der Waals surface area (Å²) in [5.74, 6) is -1.78. The van der Waals surface area contributed by atoms with Crippen LogP contribution in [0.25, 0.3) is 0 Å². The van der Waals surface area contributed by atoms with Crippen LogP contribution in [0.2, 0.25) is 0 Å². The summed E-state index contributed by atoms with van der Waals surface area (Å²) in [6.45, 7) is 0. The standard InChI is InChI=1S/C6H6O6/c7-3-1-4(11-9)6(8)5(2-3)12-10/h1-2,7-10H. The van der Waals surface area contributed by atoms with Crippen LogP contribution < -0.4 is 9.78 Å². The van der Waals surface area contributed by atoms with Gasteiger partial charge >= 0.3 is 0 Å². The zero-order chi connectivity index (χ0) is 9.14. The Labute approximate surface area is 66.7 Å². The van der Waals surface area contributed by atoms with E-state index in [1.807, 2.05) is 0 Å². The average molecular weight is 174 g/mol. The van der Waals surface area contributed by atoms with Gasteiger partial charge in [0.1, 0.15) is 5.75 Å². The minimum Gasteiger partial charge on any atom is -0.508 e. The Morgan fingerprint density at radius 2 is 1.33 bits per heavy atom. The Hall–Kier alpha value is -1.66. The molecule has 0 saturated heterocycles. The summed E-state index contributed by atoms with van der Waals surface area (Å²) in [5, 5.41) is 34.2. The SMILES string of the molecule is OOc1cc(O)cc(OO)c1O. The van der Waals surface area contributed by atoms with Crippen LogP contribution in [0, 0.1) is 0 Å². The highest BCUT2D eigenvalue weighted by Gasteiger charge is 2.12. The molecule has 0 unspecified atom stereocenters. The molecule has 1 aromatic rings. The molecule has 4 N–H and O–H groups in total. The van der Waals surface area contributed by atoms with Gasteiger partial charge in [-0.15, -0.1) is 0 Å². The molecule has 0 bridgehead atoms. The van der Waals surface area contributed by atoms with Crippen LogP contribution in [-0.4, -0.2) is 20.7 Å². The molecule has 0 fully saturated rings. The van der Waals surface area contributed by atoms with E-state index < -0.39 is 17.2 Å². The first-order valence-electron chi connectivity index (χ1n) is 2.88. The van der Waals surface area contributed by atoms with Crippen LogP contribution in [0.5, 0.6) is 23.0 Å². The Balaban J connectivity index is 3.22. The van der Waals surface area contributed by atoms with Gasteiger partial charge in [0.25, 0.3) is 0 Å². The van der Waals surface area contributed by atoms with Crippen molar-refractivity contribution in [3.8, 4) is 23.0 Å². The molecular weight excluding hydrogens is 168 g/mol. The van der Waals surface area contributed by atoms with Gasteiger partial charge in [-0.1, -0.05) is 0 Å². The first-order valence-corrected chi connectivity index (χ1v) is 2.88. The van der Waals surface area contributed by atoms with Gasteiger partial charge in [0, 0.05) is 12.1 Å². The van der Waals surface area contributed by atoms with E-state index in [2.05, 4.69) is 9.78 Å². The van der Waals surface area contributed by atoms with Crippen molar-refractivity contribution in [1.82, 2.24) is 0 Å². The maximum Gasteiger partial charge on any atom is 0.214 e. The predicted molar refractivity (Wildman–Crippen MR) is 36.3 cm³/mol. The summed E-state index contributed by atoms with van der Waals surface area (Å²) >= 11 is 0. The predicted octanol–water partition coefficient (Wildman–Crippen LogP) is 0.801. The third-order valence-corrected chi connectivity index (χ3v) is 1.22. The summed E-state index contributed by atoms with van der Waals surface area (Å²) in [5.41, 5.74) is 0. The smallest absolute Gasteiger partial charge is 0.214 e. The lowest BCUT2D eigenvalue weighted by Crippen LogP contribution is -1.89. The van der Waals surface area contributed by atoms with Gasteiger partial charge < -0.3 is 20.0 Å². The monoisotopic (exact) mass is 174 g/mol. The molecule has 0 amide bonds. The van der Waals surface area contributed by atoms with Crippen LogP contribution >= 0.6 is 0 Å². The fourth-order valence-corrected chi connectivity index (χ4v) is 0.708. The molecular formula is C6H6O6. The first-order chi connectivity index (χ1) is 5.69. The van der Waals surface area contributed by atoms with E-state index in [1.54, 1.807) is 0 Å². The van der Waals surface area contributed by atoms with E-state index in [9.17, 15) is 0 Å². The Morgan fingerprint density at radius 3 is 1.67 bits per heavy atom. The maximum absolute atomic E-state index is 9.03. The molecule has 6 nitrogen and oxygen atoms in total. The van der Waals surface area contributed by atoms with Crippen molar-refractivity contribution in [2.24, 2.45) is 0 Å². The molecule has 0 saturated carbocycles. The first kappa shape index (κ1) is 8.44. The van der Waals surface area contributed by atoms with E-state index in [-0.39, 0.29) is 5.75 Å². The van der Waals surface area contributed by atoms with Crippen LogP contribution in [0.4, 0.5) is 0 Å². The van der Waals surface area contributed by atoms with E-state index in [1.165, 1.54) is 0 Å². The largest absolute Gasteiger partial charge is 0.508 e. The highest BCUT2D eigenvalue weighted by Crippen LogP contribution is 2.38. The average Bonchev–Trinajstić information content (AvgIpc) is 2.08. The lowest BCUT2D eigenvalue weighted by molar-refractivity contribution is -0.147. The second-order valence-electron chi connectivity index (χ2n) is 1.97. The summed E-state index contributed by atoms with van der Waals surface area (Å²) in [6.07, 6.45) is 0. The summed E-state index contributed by atoms with van der Waals surface area (Å²) < 4.78 is 0. The normalized spacial score (nSPS) is 9.50. The molecule has 0 spiro atoms. The molecule has 0 atom stereocenters. The third kappa shape index (κ3) is 1.34. The van der Waals surface area contributed by atoms with Crippen molar-refractivity contribution in [3.63, 3.8) is 0 Å². The zero-order valence-electron chi connectivity index (χ0n) is 5.76. The molecule has 66 valence electrons. The van der Waals surface area contributed by atoms with Gasteiger partial charge in [0.2, 0.25) is 17.2 Å². The third-order valence-electron chi connectivity index (χ3n) is 1.22. The second kappa shape index (κ2) is 3.16. The number of hydrogen-bond donors (Lipinski definition) is 4. The summed E-state index contributed by atoms with van der Waals surface area (Å²) in [6, 6.07) is 1.88. The fraction of sp³-hybridized carbons (Fsp3) is 0. The molecule has 0 aliphatic rings. The molecule has 0 aliphatic carbocycles. The van der Waals surface area contributed by atoms with Crippen LogP contribution in [0.3, 0.4) is 0 Å². The zero-order valence-corrected chi connectivity index (χ0v) is 5.76. The lowest BCUT2D eigenvalue weighted by atomic mass is 10.3. The lowest BCUT2D eigenvalue weighted by Gasteiger charge is -2.04. The Morgan fingerprint density at radius 1 is 0.917 bits per heavy atom. The van der Waals surface area contributed by atoms with Gasteiger partial charge in [-0.2, -0.15) is 0 Å². The van der Waals surface area contributed by atoms with Gasteiger partial charge in [0.05, 0.1) is 0 Å². The number of benzene rings is 1. The molecule has 0 aliphatic heterocycles. The Kier molecular flexibility index (Phi) is 2.22. The fourth-order valence-electron chi connectivity index (χ4n) is 0.708. The molecule has 1 aromatic carbocycles. The number of hydrogen-bond acceptors (Lipinski definition) is 6. The van der Waals surface area contributed by atoms with E-state index in [4.69, 9.17) is 20.7 Å². The van der Waals surface area contributed by atoms with Gasteiger partial charge in [-0.05, 0) is 0 Å². The van der Waals surface area contributed by atoms with Crippen molar-refractivity contribution in [1.29, 1.82) is 0 Å². The van der Waals surface area contributed by atoms with Crippen LogP contribution in [-0.2, 0) is 0 Å². The van der Waals surface area contributed by atoms with E-state index in [0.717, 1.165) is 12.1 Å². The number of rotatable bonds is 2. The maximum atomic E-state index is 9.03. The van der Waals surface area contributed by atoms with Gasteiger partial charge in [-0.3, -0.25) is 0 Å². The molecule has 12 heavy (non-hydrogen) atoms. The molecule has 0 aromatic heterocycles. The highest BCUT2D eigenvalue weighted by molar-refractivity contribution is 5.53. The van der Waals surface area contributed by atoms with Gasteiger partial charge in [0.15, 0.2) is 0 Å². The topological polar surface area (TPSA) is 99.4 Å². The highest BCUT2D eigenvalue weighted by atomic mass is 17.1. The summed E-state index contributed by atoms with van der Waals surface area (Å²) in [4.78, 5) is 7.33. The van der Waals surface area contributed by atoms with Crippen molar-refractivity contribution >= 4 is 0 Å². The minimum absolute atomic E-state index is 0.332. The molecule has 6 heteroatoms. The Bertz CT molecular complexity index is 258. The quantitative estimate of drug-likeness (QED) is 0.300. The van der Waals surface area contributed by atoms with Crippen molar-refractivity contribution in [2.75, 3.05) is 0 Å². The van der Waals surface area contributed by atoms with E-state index in [0.29, 0.717) is 0 Å². The van der Waals surface area contributed by atoms with E-state index >= 15 is 0 Å². The van der Waals surface area contributed by atoms with Crippen molar-refractivity contribution in [2.45, 2.75) is 0 Å². The number of aromatic hydroxyl groups is 2. The second-order valence-corrected chi connectivity index (χ2v) is 1.97. The molecule has 0 radical (unpaired) electrons. The number of phenols is 2. The van der Waals surface area contributed by atoms with Crippen LogP contribution in [0.1, 0.15) is 0 Å². The van der Waals surface area contributed by atoms with Crippen LogP contribution in [0.15, 0.2) is 12.1 Å². The molecule has 0 heterocycles. The summed E-state index contributed by atoms with van der Waals surface area (Å²) in [7, 11) is 0. The minimum atomic E-state index is -0.613. The van der Waals surface area contributed by atoms with Crippen molar-refractivity contribution in [3.05, 3.63) is 12.1 Å². The van der Waals surface area contributed by atoms with Crippen molar-refractivity contribution < 1.29 is 30.5 Å². The molecule has 1 rings (SSSR count). The number of phenolic OH excluding ortho intramolecular Hbond substituents is 2. The van der Waals surface area contributed by atoms with Gasteiger partial charge in [-0.25, -0.2) is 10.5 Å².